The van der Waals surface area contributed by atoms with Gasteiger partial charge in [0.25, 0.3) is 0 Å². The second-order valence-electron chi connectivity index (χ2n) is 5.88. The highest BCUT2D eigenvalue weighted by molar-refractivity contribution is 9.10. The molecule has 1 aromatic heterocycles. The SMILES string of the molecule is CCc1cc(Nc2ncc(Br)c(O[C@H](C)[C@@H](C)O)n2)cc(Br)c1S(N)(=O)=O. The lowest BCUT2D eigenvalue weighted by Gasteiger charge is -2.18. The van der Waals surface area contributed by atoms with Crippen molar-refractivity contribution in [2.24, 2.45) is 5.14 Å². The van der Waals surface area contributed by atoms with E-state index in [9.17, 15) is 13.5 Å². The van der Waals surface area contributed by atoms with Crippen LogP contribution in [0.15, 0.2) is 32.2 Å². The molecular weight excluding hydrogens is 504 g/mol. The van der Waals surface area contributed by atoms with Crippen molar-refractivity contribution in [2.75, 3.05) is 5.32 Å². The maximum atomic E-state index is 11.8. The van der Waals surface area contributed by atoms with Crippen molar-refractivity contribution < 1.29 is 18.3 Å². The van der Waals surface area contributed by atoms with Crippen LogP contribution in [0.4, 0.5) is 11.6 Å². The van der Waals surface area contributed by atoms with Crippen LogP contribution in [0, 0.1) is 0 Å². The highest BCUT2D eigenvalue weighted by Crippen LogP contribution is 2.31. The molecule has 27 heavy (non-hydrogen) atoms. The van der Waals surface area contributed by atoms with Gasteiger partial charge in [0, 0.05) is 10.2 Å². The number of aryl methyl sites for hydroxylation is 1. The van der Waals surface area contributed by atoms with Crippen LogP contribution in [0.2, 0.25) is 0 Å². The van der Waals surface area contributed by atoms with Crippen LogP contribution >= 0.6 is 31.9 Å². The van der Waals surface area contributed by atoms with Gasteiger partial charge in [-0.25, -0.2) is 18.5 Å². The molecule has 4 N–H and O–H groups in total. The molecule has 0 unspecified atom stereocenters. The van der Waals surface area contributed by atoms with Crippen molar-refractivity contribution >= 4 is 53.5 Å². The van der Waals surface area contributed by atoms with Gasteiger partial charge in [-0.3, -0.25) is 0 Å². The molecule has 0 spiro atoms. The molecule has 0 radical (unpaired) electrons. The standard InChI is InChI=1S/C16H20Br2N4O4S/c1-4-10-5-11(6-12(17)14(10)27(19,24)25)21-16-20-7-13(18)15(22-16)26-9(3)8(2)23/h5-9,23H,4H2,1-3H3,(H2,19,24,25)(H,20,21,22)/t8-,9-/m1/s1. The van der Waals surface area contributed by atoms with E-state index < -0.39 is 22.2 Å². The van der Waals surface area contributed by atoms with Crippen LogP contribution < -0.4 is 15.2 Å². The summed E-state index contributed by atoms with van der Waals surface area (Å²) >= 11 is 6.57. The molecule has 1 aromatic carbocycles. The van der Waals surface area contributed by atoms with E-state index in [0.29, 0.717) is 26.6 Å². The molecule has 2 aromatic rings. The van der Waals surface area contributed by atoms with Gasteiger partial charge in [-0.05, 0) is 69.8 Å². The number of hydrogen-bond acceptors (Lipinski definition) is 7. The zero-order valence-electron chi connectivity index (χ0n) is 14.9. The number of aliphatic hydroxyl groups excluding tert-OH is 1. The number of aliphatic hydroxyl groups is 1. The monoisotopic (exact) mass is 522 g/mol. The third kappa shape index (κ3) is 5.61. The van der Waals surface area contributed by atoms with Gasteiger partial charge in [0.15, 0.2) is 0 Å². The van der Waals surface area contributed by atoms with Gasteiger partial charge in [0.1, 0.15) is 6.10 Å². The molecule has 0 amide bonds. The number of ether oxygens (including phenoxy) is 1. The number of nitrogens with one attached hydrogen (secondary N) is 1. The van der Waals surface area contributed by atoms with Crippen molar-refractivity contribution in [1.82, 2.24) is 9.97 Å². The van der Waals surface area contributed by atoms with E-state index in [1.54, 1.807) is 26.0 Å². The Kier molecular flexibility index (Phi) is 7.20. The summed E-state index contributed by atoms with van der Waals surface area (Å²) in [5.41, 5.74) is 1.15. The first-order valence-corrected chi connectivity index (χ1v) is 11.2. The van der Waals surface area contributed by atoms with Gasteiger partial charge in [-0.1, -0.05) is 6.92 Å². The number of nitrogens with two attached hydrogens (primary N) is 1. The number of hydrogen-bond donors (Lipinski definition) is 3. The Bertz CT molecular complexity index is 938. The molecule has 148 valence electrons. The summed E-state index contributed by atoms with van der Waals surface area (Å²) in [5.74, 6) is 0.528. The number of sulfonamides is 1. The maximum Gasteiger partial charge on any atom is 0.239 e. The quantitative estimate of drug-likeness (QED) is 0.508. The number of benzene rings is 1. The topological polar surface area (TPSA) is 127 Å². The summed E-state index contributed by atoms with van der Waals surface area (Å²) in [5, 5.41) is 17.9. The molecule has 0 aliphatic rings. The smallest absolute Gasteiger partial charge is 0.239 e. The van der Waals surface area contributed by atoms with Crippen LogP contribution in [0.25, 0.3) is 0 Å². The van der Waals surface area contributed by atoms with Crippen LogP contribution in [0.1, 0.15) is 26.3 Å². The Morgan fingerprint density at radius 3 is 2.52 bits per heavy atom. The predicted octanol–water partition coefficient (Wildman–Crippen LogP) is 3.10. The average Bonchev–Trinajstić information content (AvgIpc) is 2.55. The molecule has 0 aliphatic carbocycles. The number of aromatic nitrogens is 2. The number of nitrogens with zero attached hydrogens (tertiary/aromatic N) is 2. The van der Waals surface area contributed by atoms with Gasteiger partial charge < -0.3 is 15.2 Å². The lowest BCUT2D eigenvalue weighted by atomic mass is 10.1. The highest BCUT2D eigenvalue weighted by atomic mass is 79.9. The molecule has 0 bridgehead atoms. The highest BCUT2D eigenvalue weighted by Gasteiger charge is 2.19. The minimum absolute atomic E-state index is 0.0575. The molecule has 0 fully saturated rings. The van der Waals surface area contributed by atoms with Gasteiger partial charge >= 0.3 is 0 Å². The Morgan fingerprint density at radius 2 is 1.96 bits per heavy atom. The van der Waals surface area contributed by atoms with E-state index in [1.807, 2.05) is 6.92 Å². The fraction of sp³-hybridized carbons (Fsp3) is 0.375. The van der Waals surface area contributed by atoms with Crippen LogP contribution in [0.5, 0.6) is 5.88 Å². The Hall–Kier alpha value is -1.27. The van der Waals surface area contributed by atoms with Crippen molar-refractivity contribution in [1.29, 1.82) is 0 Å². The van der Waals surface area contributed by atoms with E-state index in [1.165, 1.54) is 6.20 Å². The first kappa shape index (κ1) is 22.0. The number of rotatable bonds is 7. The number of primary sulfonamides is 1. The zero-order valence-corrected chi connectivity index (χ0v) is 18.9. The molecular formula is C16H20Br2N4O4S. The van der Waals surface area contributed by atoms with E-state index in [2.05, 4.69) is 47.1 Å². The first-order valence-electron chi connectivity index (χ1n) is 8.02. The molecule has 11 heteroatoms. The second-order valence-corrected chi connectivity index (χ2v) is 9.09. The molecule has 8 nitrogen and oxygen atoms in total. The number of halogens is 2. The van der Waals surface area contributed by atoms with Crippen LogP contribution in [0.3, 0.4) is 0 Å². The summed E-state index contributed by atoms with van der Waals surface area (Å²) < 4.78 is 30.1. The zero-order chi connectivity index (χ0) is 20.4. The average molecular weight is 524 g/mol. The summed E-state index contributed by atoms with van der Waals surface area (Å²) in [4.78, 5) is 8.52. The third-order valence-corrected chi connectivity index (χ3v) is 6.21. The fourth-order valence-corrected chi connectivity index (χ4v) is 4.56. The number of anilines is 2. The molecule has 2 atom stereocenters. The largest absolute Gasteiger partial charge is 0.471 e. The fourth-order valence-electron chi connectivity index (χ4n) is 2.20. The van der Waals surface area contributed by atoms with Crippen LogP contribution in [-0.2, 0) is 16.4 Å². The summed E-state index contributed by atoms with van der Waals surface area (Å²) in [6, 6.07) is 3.26. The van der Waals surface area contributed by atoms with E-state index in [-0.39, 0.29) is 16.7 Å². The second kappa shape index (κ2) is 8.82. The summed E-state index contributed by atoms with van der Waals surface area (Å²) in [7, 11) is -3.86. The Morgan fingerprint density at radius 1 is 1.30 bits per heavy atom. The third-order valence-electron chi connectivity index (χ3n) is 3.73. The van der Waals surface area contributed by atoms with Gasteiger partial charge in [0.2, 0.25) is 21.9 Å². The lowest BCUT2D eigenvalue weighted by molar-refractivity contribution is 0.0569. The normalized spacial score (nSPS) is 13.9. The molecule has 0 saturated carbocycles. The lowest BCUT2D eigenvalue weighted by Crippen LogP contribution is -2.26. The maximum absolute atomic E-state index is 11.8. The van der Waals surface area contributed by atoms with Gasteiger partial charge in [-0.15, -0.1) is 0 Å². The van der Waals surface area contributed by atoms with Crippen molar-refractivity contribution in [2.45, 2.75) is 44.3 Å². The van der Waals surface area contributed by atoms with E-state index in [0.717, 1.165) is 0 Å². The Balaban J connectivity index is 2.36. The van der Waals surface area contributed by atoms with Crippen molar-refractivity contribution in [3.05, 3.63) is 32.8 Å². The Labute approximate surface area is 174 Å². The molecule has 0 aliphatic heterocycles. The minimum atomic E-state index is -3.86. The van der Waals surface area contributed by atoms with Crippen LogP contribution in [-0.4, -0.2) is 35.7 Å². The molecule has 2 rings (SSSR count). The summed E-state index contributed by atoms with van der Waals surface area (Å²) in [6.07, 6.45) is 0.867. The van der Waals surface area contributed by atoms with Gasteiger partial charge in [0.05, 0.1) is 21.7 Å². The predicted molar refractivity (Wildman–Crippen MR) is 110 cm³/mol. The summed E-state index contributed by atoms with van der Waals surface area (Å²) in [6.45, 7) is 5.18. The van der Waals surface area contributed by atoms with E-state index >= 15 is 0 Å². The van der Waals surface area contributed by atoms with E-state index in [4.69, 9.17) is 9.88 Å². The van der Waals surface area contributed by atoms with Gasteiger partial charge in [-0.2, -0.15) is 4.98 Å². The van der Waals surface area contributed by atoms with Crippen molar-refractivity contribution in [3.8, 4) is 5.88 Å². The van der Waals surface area contributed by atoms with Crippen molar-refractivity contribution in [3.63, 3.8) is 0 Å². The molecule has 0 saturated heterocycles. The molecule has 1 heterocycles. The first-order chi connectivity index (χ1) is 12.5. The minimum Gasteiger partial charge on any atom is -0.471 e.